The number of carbonyl (C=O) groups excluding carboxylic acids is 1. The second kappa shape index (κ2) is 8.84. The van der Waals surface area contributed by atoms with Crippen LogP contribution >= 0.6 is 0 Å². The molecule has 1 fully saturated rings. The third-order valence-corrected chi connectivity index (χ3v) is 3.60. The fraction of sp³-hybridized carbons (Fsp3) is 0.529. The lowest BCUT2D eigenvalue weighted by atomic mass is 10.1. The lowest BCUT2D eigenvalue weighted by Crippen LogP contribution is -2.33. The molecule has 5 nitrogen and oxygen atoms in total. The maximum Gasteiger partial charge on any atom is 0.416 e. The highest BCUT2D eigenvalue weighted by Gasteiger charge is 2.30. The molecule has 0 unspecified atom stereocenters. The monoisotopic (exact) mass is 358 g/mol. The average Bonchev–Trinajstić information content (AvgIpc) is 3.10. The number of nitrogens with one attached hydrogen (secondary N) is 1. The highest BCUT2D eigenvalue weighted by Crippen LogP contribution is 2.29. The molecule has 8 heteroatoms. The molecule has 1 aliphatic heterocycles. The smallest absolute Gasteiger partial charge is 0.416 e. The van der Waals surface area contributed by atoms with Gasteiger partial charge in [-0.05, 0) is 43.5 Å². The third kappa shape index (κ3) is 6.04. The number of amides is 1. The van der Waals surface area contributed by atoms with Gasteiger partial charge in [0.05, 0.1) is 24.8 Å². The third-order valence-electron chi connectivity index (χ3n) is 3.60. The van der Waals surface area contributed by atoms with Crippen molar-refractivity contribution < 1.29 is 27.4 Å². The number of halogens is 3. The van der Waals surface area contributed by atoms with E-state index >= 15 is 0 Å². The highest BCUT2D eigenvalue weighted by atomic mass is 19.4. The summed E-state index contributed by atoms with van der Waals surface area (Å²) >= 11 is 0. The largest absolute Gasteiger partial charge is 0.465 e. The molecule has 1 amide bonds. The topological polar surface area (TPSA) is 59.9 Å². The summed E-state index contributed by atoms with van der Waals surface area (Å²) in [6.07, 6.45) is -1.83. The number of ether oxygens (including phenoxy) is 2. The quantitative estimate of drug-likeness (QED) is 0.648. The fourth-order valence-electron chi connectivity index (χ4n) is 2.27. The van der Waals surface area contributed by atoms with Crippen LogP contribution in [0.2, 0.25) is 0 Å². The van der Waals surface area contributed by atoms with Crippen LogP contribution in [0.15, 0.2) is 29.3 Å². The molecule has 2 rings (SSSR count). The standard InChI is InChI=1S/C17H21F3N2O3/c1-2-9-25-16(21-11-14-4-3-10-24-14)22-15(23)12-5-7-13(8-6-12)17(18,19)20/h5-8,14H,2-4,9-11H2,1H3,(H,21,22,23)/t14-/m1/s1. The molecule has 1 saturated heterocycles. The van der Waals surface area contributed by atoms with E-state index in [4.69, 9.17) is 9.47 Å². The van der Waals surface area contributed by atoms with Gasteiger partial charge in [-0.1, -0.05) is 6.92 Å². The number of aliphatic imine (C=N–C) groups is 1. The molecule has 1 aliphatic rings. The summed E-state index contributed by atoms with van der Waals surface area (Å²) in [5.74, 6) is -0.573. The molecule has 0 bridgehead atoms. The Kier molecular flexibility index (Phi) is 6.81. The number of carbonyl (C=O) groups is 1. The number of rotatable bonds is 5. The van der Waals surface area contributed by atoms with Gasteiger partial charge in [0.25, 0.3) is 11.9 Å². The van der Waals surface area contributed by atoms with Crippen LogP contribution in [0.3, 0.4) is 0 Å². The zero-order valence-electron chi connectivity index (χ0n) is 13.9. The Morgan fingerprint density at radius 3 is 2.64 bits per heavy atom. The van der Waals surface area contributed by atoms with Crippen LogP contribution in [-0.2, 0) is 15.7 Å². The summed E-state index contributed by atoms with van der Waals surface area (Å²) in [6.45, 7) is 3.35. The van der Waals surface area contributed by atoms with Crippen LogP contribution < -0.4 is 5.32 Å². The van der Waals surface area contributed by atoms with E-state index in [0.29, 0.717) is 19.8 Å². The summed E-state index contributed by atoms with van der Waals surface area (Å²) in [6, 6.07) is 4.03. The Labute approximate surface area is 144 Å². The number of hydrogen-bond donors (Lipinski definition) is 1. The minimum atomic E-state index is -4.44. The maximum atomic E-state index is 12.6. The number of amidine groups is 1. The first-order valence-electron chi connectivity index (χ1n) is 8.17. The van der Waals surface area contributed by atoms with Crippen LogP contribution in [0.25, 0.3) is 0 Å². The molecule has 138 valence electrons. The first-order valence-corrected chi connectivity index (χ1v) is 8.17. The Bertz CT molecular complexity index is 594. The van der Waals surface area contributed by atoms with Crippen molar-refractivity contribution in [3.05, 3.63) is 35.4 Å². The van der Waals surface area contributed by atoms with Gasteiger partial charge in [-0.25, -0.2) is 4.99 Å². The molecule has 1 aromatic carbocycles. The molecule has 0 aliphatic carbocycles. The molecule has 1 aromatic rings. The molecule has 0 aromatic heterocycles. The number of benzene rings is 1. The lowest BCUT2D eigenvalue weighted by Gasteiger charge is -2.12. The molecule has 1 atom stereocenters. The van der Waals surface area contributed by atoms with Gasteiger partial charge in [-0.2, -0.15) is 13.2 Å². The van der Waals surface area contributed by atoms with Crippen molar-refractivity contribution in [1.29, 1.82) is 0 Å². The molecule has 1 heterocycles. The maximum absolute atomic E-state index is 12.6. The van der Waals surface area contributed by atoms with E-state index in [1.807, 2.05) is 6.92 Å². The molecular weight excluding hydrogens is 337 g/mol. The molecule has 1 N–H and O–H groups in total. The summed E-state index contributed by atoms with van der Waals surface area (Å²) in [4.78, 5) is 16.4. The van der Waals surface area contributed by atoms with Gasteiger partial charge in [0.15, 0.2) is 0 Å². The van der Waals surface area contributed by atoms with Gasteiger partial charge < -0.3 is 9.47 Å². The molecular formula is C17H21F3N2O3. The Morgan fingerprint density at radius 2 is 2.08 bits per heavy atom. The van der Waals surface area contributed by atoms with Gasteiger partial charge in [0.1, 0.15) is 0 Å². The average molecular weight is 358 g/mol. The van der Waals surface area contributed by atoms with Crippen LogP contribution in [0.5, 0.6) is 0 Å². The molecule has 0 radical (unpaired) electrons. The van der Waals surface area contributed by atoms with Crippen molar-refractivity contribution in [3.63, 3.8) is 0 Å². The van der Waals surface area contributed by atoms with Crippen LogP contribution in [0.1, 0.15) is 42.1 Å². The van der Waals surface area contributed by atoms with E-state index in [1.165, 1.54) is 0 Å². The van der Waals surface area contributed by atoms with E-state index < -0.39 is 17.6 Å². The summed E-state index contributed by atoms with van der Waals surface area (Å²) in [5, 5.41) is 2.50. The molecule has 0 saturated carbocycles. The second-order valence-electron chi connectivity index (χ2n) is 5.66. The van der Waals surface area contributed by atoms with Gasteiger partial charge in [0, 0.05) is 12.2 Å². The summed E-state index contributed by atoms with van der Waals surface area (Å²) in [5.41, 5.74) is -0.712. The van der Waals surface area contributed by atoms with Crippen molar-refractivity contribution in [1.82, 2.24) is 5.32 Å². The zero-order chi connectivity index (χ0) is 18.3. The number of hydrogen-bond acceptors (Lipinski definition) is 4. The SMILES string of the molecule is CCCOC(=NC[C@H]1CCCO1)NC(=O)c1ccc(C(F)(F)F)cc1. The van der Waals surface area contributed by atoms with E-state index in [0.717, 1.165) is 43.5 Å². The first-order chi connectivity index (χ1) is 11.9. The Hall–Kier alpha value is -2.09. The van der Waals surface area contributed by atoms with Gasteiger partial charge >= 0.3 is 6.18 Å². The molecule has 25 heavy (non-hydrogen) atoms. The van der Waals surface area contributed by atoms with Gasteiger partial charge in [-0.15, -0.1) is 0 Å². The zero-order valence-corrected chi connectivity index (χ0v) is 13.9. The van der Waals surface area contributed by atoms with Gasteiger partial charge in [0.2, 0.25) is 0 Å². The minimum absolute atomic E-state index is 0.00296. The summed E-state index contributed by atoms with van der Waals surface area (Å²) < 4.78 is 48.6. The predicted octanol–water partition coefficient (Wildman–Crippen LogP) is 3.40. The fourth-order valence-corrected chi connectivity index (χ4v) is 2.27. The van der Waals surface area contributed by atoms with Crippen LogP contribution in [0, 0.1) is 0 Å². The van der Waals surface area contributed by atoms with E-state index in [9.17, 15) is 18.0 Å². The van der Waals surface area contributed by atoms with Crippen molar-refractivity contribution >= 4 is 11.9 Å². The van der Waals surface area contributed by atoms with E-state index in [2.05, 4.69) is 10.3 Å². The number of nitrogens with zero attached hydrogens (tertiary/aromatic N) is 1. The lowest BCUT2D eigenvalue weighted by molar-refractivity contribution is -0.137. The highest BCUT2D eigenvalue weighted by molar-refractivity contribution is 6.04. The van der Waals surface area contributed by atoms with E-state index in [-0.39, 0.29) is 17.7 Å². The first kappa shape index (κ1) is 19.2. The van der Waals surface area contributed by atoms with Crippen LogP contribution in [-0.4, -0.2) is 37.8 Å². The van der Waals surface area contributed by atoms with Crippen LogP contribution in [0.4, 0.5) is 13.2 Å². The molecule has 0 spiro atoms. The minimum Gasteiger partial charge on any atom is -0.465 e. The van der Waals surface area contributed by atoms with Crippen molar-refractivity contribution in [3.8, 4) is 0 Å². The van der Waals surface area contributed by atoms with E-state index in [1.54, 1.807) is 0 Å². The number of alkyl halides is 3. The second-order valence-corrected chi connectivity index (χ2v) is 5.66. The Morgan fingerprint density at radius 1 is 1.36 bits per heavy atom. The van der Waals surface area contributed by atoms with Crippen molar-refractivity contribution in [2.45, 2.75) is 38.5 Å². The predicted molar refractivity (Wildman–Crippen MR) is 86.4 cm³/mol. The van der Waals surface area contributed by atoms with Crippen molar-refractivity contribution in [2.75, 3.05) is 19.8 Å². The van der Waals surface area contributed by atoms with Crippen molar-refractivity contribution in [2.24, 2.45) is 4.99 Å². The van der Waals surface area contributed by atoms with Gasteiger partial charge in [-0.3, -0.25) is 10.1 Å². The summed E-state index contributed by atoms with van der Waals surface area (Å²) in [7, 11) is 0. The Balaban J connectivity index is 2.00. The normalized spacial score (nSPS) is 18.2.